The summed E-state index contributed by atoms with van der Waals surface area (Å²) in [6.07, 6.45) is -1.08. The number of aromatic nitrogens is 2. The normalized spacial score (nSPS) is 11.7. The highest BCUT2D eigenvalue weighted by atomic mass is 16.6. The highest BCUT2D eigenvalue weighted by molar-refractivity contribution is 6.03. The molecule has 2 aromatic carbocycles. The molecule has 0 saturated heterocycles. The van der Waals surface area contributed by atoms with E-state index < -0.39 is 22.9 Å². The van der Waals surface area contributed by atoms with Gasteiger partial charge in [0.1, 0.15) is 0 Å². The largest absolute Gasteiger partial charge is 0.448 e. The van der Waals surface area contributed by atoms with Crippen LogP contribution in [0.3, 0.4) is 0 Å². The van der Waals surface area contributed by atoms with Gasteiger partial charge in [-0.15, -0.1) is 0 Å². The number of amides is 1. The van der Waals surface area contributed by atoms with Crippen molar-refractivity contribution >= 4 is 34.2 Å². The second-order valence-corrected chi connectivity index (χ2v) is 5.46. The number of rotatable bonds is 5. The lowest BCUT2D eigenvalue weighted by Gasteiger charge is -2.12. The first kappa shape index (κ1) is 17.1. The molecular formula is C17H14N4O5. The number of anilines is 1. The fraction of sp³-hybridized carbons (Fsp3) is 0.118. The Morgan fingerprint density at radius 2 is 1.88 bits per heavy atom. The van der Waals surface area contributed by atoms with E-state index in [1.54, 1.807) is 24.3 Å². The van der Waals surface area contributed by atoms with Gasteiger partial charge in [0, 0.05) is 23.2 Å². The summed E-state index contributed by atoms with van der Waals surface area (Å²) < 4.78 is 5.16. The van der Waals surface area contributed by atoms with Gasteiger partial charge in [-0.25, -0.2) is 4.79 Å². The van der Waals surface area contributed by atoms with Crippen molar-refractivity contribution in [2.75, 3.05) is 5.32 Å². The summed E-state index contributed by atoms with van der Waals surface area (Å²) in [5.74, 6) is -1.29. The first-order valence-corrected chi connectivity index (χ1v) is 7.65. The van der Waals surface area contributed by atoms with Gasteiger partial charge in [0.2, 0.25) is 0 Å². The van der Waals surface area contributed by atoms with E-state index in [9.17, 15) is 19.7 Å². The quantitative estimate of drug-likeness (QED) is 0.412. The third-order valence-corrected chi connectivity index (χ3v) is 3.66. The minimum atomic E-state index is -1.08. The Kier molecular flexibility index (Phi) is 4.61. The molecule has 9 heteroatoms. The van der Waals surface area contributed by atoms with Gasteiger partial charge in [0.05, 0.1) is 10.4 Å². The number of nitrogens with zero attached hydrogens (tertiary/aromatic N) is 2. The maximum Gasteiger partial charge on any atom is 0.360 e. The molecule has 9 nitrogen and oxygen atoms in total. The number of para-hydroxylation sites is 1. The Bertz CT molecular complexity index is 980. The average Bonchev–Trinajstić information content (AvgIpc) is 3.06. The maximum atomic E-state index is 12.2. The van der Waals surface area contributed by atoms with Crippen LogP contribution in [0.25, 0.3) is 10.9 Å². The molecule has 3 aromatic rings. The van der Waals surface area contributed by atoms with Crippen molar-refractivity contribution in [3.8, 4) is 0 Å². The molecule has 3 rings (SSSR count). The summed E-state index contributed by atoms with van der Waals surface area (Å²) in [5.41, 5.74) is 1.04. The van der Waals surface area contributed by atoms with Crippen LogP contribution >= 0.6 is 0 Å². The van der Waals surface area contributed by atoms with Crippen LogP contribution in [0.4, 0.5) is 11.4 Å². The number of esters is 1. The molecule has 0 fully saturated rings. The van der Waals surface area contributed by atoms with E-state index in [0.29, 0.717) is 16.6 Å². The van der Waals surface area contributed by atoms with Gasteiger partial charge in [0.25, 0.3) is 11.6 Å². The van der Waals surface area contributed by atoms with Crippen molar-refractivity contribution in [3.05, 3.63) is 64.3 Å². The molecule has 0 spiro atoms. The van der Waals surface area contributed by atoms with E-state index in [2.05, 4.69) is 15.5 Å². The number of nitro benzene ring substituents is 1. The van der Waals surface area contributed by atoms with Crippen LogP contribution in [0.1, 0.15) is 17.4 Å². The summed E-state index contributed by atoms with van der Waals surface area (Å²) in [5, 5.41) is 20.4. The number of aromatic amines is 1. The van der Waals surface area contributed by atoms with Gasteiger partial charge in [0.15, 0.2) is 11.8 Å². The molecule has 0 unspecified atom stereocenters. The van der Waals surface area contributed by atoms with E-state index in [1.165, 1.54) is 31.2 Å². The molecule has 1 amide bonds. The molecule has 1 atom stereocenters. The Morgan fingerprint density at radius 3 is 2.58 bits per heavy atom. The first-order chi connectivity index (χ1) is 12.5. The molecule has 0 aliphatic heterocycles. The average molecular weight is 354 g/mol. The van der Waals surface area contributed by atoms with Crippen molar-refractivity contribution in [1.29, 1.82) is 0 Å². The van der Waals surface area contributed by atoms with Crippen LogP contribution in [0.15, 0.2) is 48.5 Å². The maximum absolute atomic E-state index is 12.2. The van der Waals surface area contributed by atoms with E-state index in [4.69, 9.17) is 4.74 Å². The third-order valence-electron chi connectivity index (χ3n) is 3.66. The molecule has 0 bridgehead atoms. The number of H-pyrrole nitrogens is 1. The molecular weight excluding hydrogens is 340 g/mol. The molecule has 132 valence electrons. The topological polar surface area (TPSA) is 127 Å². The standard InChI is InChI=1S/C17H14N4O5/c1-10(16(22)18-11-6-8-12(9-7-11)21(24)25)26-17(23)15-13-4-2-3-5-14(13)19-20-15/h2-10H,1H3,(H,18,22)(H,19,20)/t10-/m0/s1. The number of carbonyl (C=O) groups excluding carboxylic acids is 2. The molecule has 0 aliphatic rings. The molecule has 1 heterocycles. The number of non-ortho nitro benzene ring substituents is 1. The Balaban J connectivity index is 1.65. The third kappa shape index (κ3) is 3.51. The molecule has 0 saturated carbocycles. The van der Waals surface area contributed by atoms with E-state index in [0.717, 1.165) is 0 Å². The molecule has 2 N–H and O–H groups in total. The Hall–Kier alpha value is -3.75. The van der Waals surface area contributed by atoms with Crippen molar-refractivity contribution in [2.45, 2.75) is 13.0 Å². The van der Waals surface area contributed by atoms with Crippen molar-refractivity contribution in [2.24, 2.45) is 0 Å². The number of nitro groups is 1. The zero-order valence-electron chi connectivity index (χ0n) is 13.6. The lowest BCUT2D eigenvalue weighted by atomic mass is 10.2. The van der Waals surface area contributed by atoms with E-state index >= 15 is 0 Å². The van der Waals surface area contributed by atoms with Gasteiger partial charge in [-0.2, -0.15) is 5.10 Å². The van der Waals surface area contributed by atoms with Crippen LogP contribution in [0.2, 0.25) is 0 Å². The fourth-order valence-corrected chi connectivity index (χ4v) is 2.30. The Morgan fingerprint density at radius 1 is 1.19 bits per heavy atom. The molecule has 1 aromatic heterocycles. The lowest BCUT2D eigenvalue weighted by molar-refractivity contribution is -0.384. The van der Waals surface area contributed by atoms with Crippen LogP contribution in [-0.4, -0.2) is 33.1 Å². The van der Waals surface area contributed by atoms with Gasteiger partial charge in [-0.1, -0.05) is 18.2 Å². The number of nitrogens with one attached hydrogen (secondary N) is 2. The highest BCUT2D eigenvalue weighted by Gasteiger charge is 2.22. The second-order valence-electron chi connectivity index (χ2n) is 5.46. The number of fused-ring (bicyclic) bond motifs is 1. The second kappa shape index (κ2) is 7.01. The first-order valence-electron chi connectivity index (χ1n) is 7.65. The van der Waals surface area contributed by atoms with Crippen LogP contribution in [-0.2, 0) is 9.53 Å². The summed E-state index contributed by atoms with van der Waals surface area (Å²) in [6.45, 7) is 1.42. The molecule has 26 heavy (non-hydrogen) atoms. The minimum absolute atomic E-state index is 0.0899. The number of ether oxygens (including phenoxy) is 1. The summed E-state index contributed by atoms with van der Waals surface area (Å²) in [6, 6.07) is 12.4. The van der Waals surface area contributed by atoms with Crippen LogP contribution < -0.4 is 5.32 Å². The lowest BCUT2D eigenvalue weighted by Crippen LogP contribution is -2.30. The summed E-state index contributed by atoms with van der Waals surface area (Å²) >= 11 is 0. The molecule has 0 radical (unpaired) electrons. The fourth-order valence-electron chi connectivity index (χ4n) is 2.30. The predicted molar refractivity (Wildman–Crippen MR) is 92.7 cm³/mol. The minimum Gasteiger partial charge on any atom is -0.448 e. The zero-order chi connectivity index (χ0) is 18.7. The number of benzene rings is 2. The smallest absolute Gasteiger partial charge is 0.360 e. The Labute approximate surface area is 147 Å². The molecule has 0 aliphatic carbocycles. The van der Waals surface area contributed by atoms with E-state index in [-0.39, 0.29) is 11.4 Å². The van der Waals surface area contributed by atoms with Gasteiger partial charge < -0.3 is 10.1 Å². The van der Waals surface area contributed by atoms with Crippen LogP contribution in [0, 0.1) is 10.1 Å². The van der Waals surface area contributed by atoms with Crippen LogP contribution in [0.5, 0.6) is 0 Å². The summed E-state index contributed by atoms with van der Waals surface area (Å²) in [4.78, 5) is 34.5. The highest BCUT2D eigenvalue weighted by Crippen LogP contribution is 2.18. The van der Waals surface area contributed by atoms with Crippen molar-refractivity contribution < 1.29 is 19.2 Å². The number of hydrogen-bond acceptors (Lipinski definition) is 6. The zero-order valence-corrected chi connectivity index (χ0v) is 13.6. The van der Waals surface area contributed by atoms with E-state index in [1.807, 2.05) is 0 Å². The monoisotopic (exact) mass is 354 g/mol. The van der Waals surface area contributed by atoms with Crippen molar-refractivity contribution in [1.82, 2.24) is 10.2 Å². The van der Waals surface area contributed by atoms with Crippen molar-refractivity contribution in [3.63, 3.8) is 0 Å². The van der Waals surface area contributed by atoms with Gasteiger partial charge in [-0.3, -0.25) is 20.0 Å². The van der Waals surface area contributed by atoms with Gasteiger partial charge >= 0.3 is 5.97 Å². The number of hydrogen-bond donors (Lipinski definition) is 2. The van der Waals surface area contributed by atoms with Gasteiger partial charge in [-0.05, 0) is 25.1 Å². The summed E-state index contributed by atoms with van der Waals surface area (Å²) in [7, 11) is 0. The number of carbonyl (C=O) groups is 2. The SMILES string of the molecule is C[C@H](OC(=O)c1n[nH]c2ccccc12)C(=O)Nc1ccc([N+](=O)[O-])cc1. The predicted octanol–water partition coefficient (Wildman–Crippen LogP) is 2.66.